The van der Waals surface area contributed by atoms with Crippen molar-refractivity contribution in [2.24, 2.45) is 5.73 Å². The van der Waals surface area contributed by atoms with Crippen molar-refractivity contribution in [3.63, 3.8) is 0 Å². The Bertz CT molecular complexity index is 584. The fourth-order valence-corrected chi connectivity index (χ4v) is 2.20. The average Bonchev–Trinajstić information content (AvgIpc) is 2.43. The van der Waals surface area contributed by atoms with Gasteiger partial charge in [0.25, 0.3) is 0 Å². The van der Waals surface area contributed by atoms with Crippen LogP contribution in [-0.2, 0) is 11.2 Å². The molecule has 0 aliphatic heterocycles. The highest BCUT2D eigenvalue weighted by molar-refractivity contribution is 6.33. The number of halogens is 2. The number of hydrogen-bond acceptors (Lipinski definition) is 2. The van der Waals surface area contributed by atoms with Crippen molar-refractivity contribution >= 4 is 29.0 Å². The molecular weight excluding hydrogens is 281 g/mol. The third-order valence-corrected chi connectivity index (χ3v) is 3.48. The van der Waals surface area contributed by atoms with Crippen LogP contribution in [-0.4, -0.2) is 5.78 Å². The SMILES string of the molecule is NC(C(=O)Cc1cc(Cl)ccc1Cl)c1ccccc1. The molecule has 2 N–H and O–H groups in total. The summed E-state index contributed by atoms with van der Waals surface area (Å²) in [5.41, 5.74) is 7.45. The largest absolute Gasteiger partial charge is 0.318 e. The zero-order chi connectivity index (χ0) is 13.8. The van der Waals surface area contributed by atoms with E-state index in [0.29, 0.717) is 15.6 Å². The van der Waals surface area contributed by atoms with E-state index in [9.17, 15) is 4.79 Å². The number of nitrogens with two attached hydrogens (primary N) is 1. The van der Waals surface area contributed by atoms with Crippen molar-refractivity contribution in [1.82, 2.24) is 0 Å². The lowest BCUT2D eigenvalue weighted by Crippen LogP contribution is -2.23. The molecule has 0 spiro atoms. The lowest BCUT2D eigenvalue weighted by Gasteiger charge is -2.11. The zero-order valence-electron chi connectivity index (χ0n) is 10.1. The lowest BCUT2D eigenvalue weighted by molar-refractivity contribution is -0.119. The van der Waals surface area contributed by atoms with Gasteiger partial charge in [-0.1, -0.05) is 53.5 Å². The summed E-state index contributed by atoms with van der Waals surface area (Å²) < 4.78 is 0. The summed E-state index contributed by atoms with van der Waals surface area (Å²) in [6.45, 7) is 0. The van der Waals surface area contributed by atoms with E-state index in [0.717, 1.165) is 5.56 Å². The van der Waals surface area contributed by atoms with Gasteiger partial charge in [-0.05, 0) is 29.3 Å². The van der Waals surface area contributed by atoms with Crippen molar-refractivity contribution in [2.45, 2.75) is 12.5 Å². The molecule has 0 heterocycles. The Labute approximate surface area is 122 Å². The van der Waals surface area contributed by atoms with Gasteiger partial charge in [0, 0.05) is 16.5 Å². The quantitative estimate of drug-likeness (QED) is 0.932. The van der Waals surface area contributed by atoms with E-state index in [-0.39, 0.29) is 12.2 Å². The van der Waals surface area contributed by atoms with Crippen molar-refractivity contribution in [2.75, 3.05) is 0 Å². The van der Waals surface area contributed by atoms with Gasteiger partial charge in [-0.25, -0.2) is 0 Å². The molecule has 0 saturated carbocycles. The van der Waals surface area contributed by atoms with E-state index in [4.69, 9.17) is 28.9 Å². The van der Waals surface area contributed by atoms with Gasteiger partial charge < -0.3 is 5.73 Å². The molecule has 0 aliphatic carbocycles. The van der Waals surface area contributed by atoms with Crippen LogP contribution in [0, 0.1) is 0 Å². The first-order valence-corrected chi connectivity index (χ1v) is 6.60. The highest BCUT2D eigenvalue weighted by Crippen LogP contribution is 2.23. The normalized spacial score (nSPS) is 12.2. The highest BCUT2D eigenvalue weighted by atomic mass is 35.5. The van der Waals surface area contributed by atoms with Crippen LogP contribution in [0.15, 0.2) is 48.5 Å². The minimum atomic E-state index is -0.642. The van der Waals surface area contributed by atoms with Gasteiger partial charge in [0.05, 0.1) is 6.04 Å². The van der Waals surface area contributed by atoms with E-state index >= 15 is 0 Å². The van der Waals surface area contributed by atoms with Crippen molar-refractivity contribution < 1.29 is 4.79 Å². The maximum atomic E-state index is 12.1. The second-order valence-corrected chi connectivity index (χ2v) is 5.11. The average molecular weight is 294 g/mol. The summed E-state index contributed by atoms with van der Waals surface area (Å²) in [6, 6.07) is 13.7. The number of ketones is 1. The van der Waals surface area contributed by atoms with Crippen LogP contribution < -0.4 is 5.73 Å². The number of hydrogen-bond donors (Lipinski definition) is 1. The summed E-state index contributed by atoms with van der Waals surface area (Å²) in [5.74, 6) is -0.0876. The predicted octanol–water partition coefficient (Wildman–Crippen LogP) is 3.81. The first-order valence-electron chi connectivity index (χ1n) is 5.85. The summed E-state index contributed by atoms with van der Waals surface area (Å²) in [6.07, 6.45) is 0.176. The molecule has 2 nitrogen and oxygen atoms in total. The Kier molecular flexibility index (Phi) is 4.59. The van der Waals surface area contributed by atoms with Crippen LogP contribution in [0.4, 0.5) is 0 Å². The third kappa shape index (κ3) is 3.57. The van der Waals surface area contributed by atoms with E-state index in [1.165, 1.54) is 0 Å². The van der Waals surface area contributed by atoms with E-state index < -0.39 is 6.04 Å². The van der Waals surface area contributed by atoms with Gasteiger partial charge in [0.15, 0.2) is 5.78 Å². The highest BCUT2D eigenvalue weighted by Gasteiger charge is 2.17. The van der Waals surface area contributed by atoms with Crippen LogP contribution in [0.25, 0.3) is 0 Å². The number of benzene rings is 2. The molecule has 2 aromatic carbocycles. The van der Waals surface area contributed by atoms with Crippen molar-refractivity contribution in [3.05, 3.63) is 69.7 Å². The van der Waals surface area contributed by atoms with Gasteiger partial charge >= 0.3 is 0 Å². The molecule has 1 unspecified atom stereocenters. The maximum absolute atomic E-state index is 12.1. The minimum absolute atomic E-state index is 0.0876. The van der Waals surface area contributed by atoms with Gasteiger partial charge in [-0.15, -0.1) is 0 Å². The van der Waals surface area contributed by atoms with E-state index in [2.05, 4.69) is 0 Å². The molecule has 0 bridgehead atoms. The molecule has 0 saturated heterocycles. The van der Waals surface area contributed by atoms with Crippen LogP contribution in [0.2, 0.25) is 10.0 Å². The molecule has 0 amide bonds. The number of rotatable bonds is 4. The monoisotopic (exact) mass is 293 g/mol. The molecule has 0 aromatic heterocycles. The van der Waals surface area contributed by atoms with Gasteiger partial charge in [-0.3, -0.25) is 4.79 Å². The fraction of sp³-hybridized carbons (Fsp3) is 0.133. The molecule has 2 aromatic rings. The molecule has 0 fully saturated rings. The first kappa shape index (κ1) is 14.1. The molecule has 0 radical (unpaired) electrons. The Morgan fingerprint density at radius 2 is 1.79 bits per heavy atom. The predicted molar refractivity (Wildman–Crippen MR) is 78.5 cm³/mol. The van der Waals surface area contributed by atoms with Crippen LogP contribution in [0.3, 0.4) is 0 Å². The molecular formula is C15H13Cl2NO. The summed E-state index contributed by atoms with van der Waals surface area (Å²) in [5, 5.41) is 1.08. The second-order valence-electron chi connectivity index (χ2n) is 4.27. The van der Waals surface area contributed by atoms with Crippen molar-refractivity contribution in [3.8, 4) is 0 Å². The molecule has 98 valence electrons. The van der Waals surface area contributed by atoms with E-state index in [1.807, 2.05) is 30.3 Å². The molecule has 19 heavy (non-hydrogen) atoms. The number of Topliss-reactive ketones (excluding diaryl/α,β-unsaturated/α-hetero) is 1. The second kappa shape index (κ2) is 6.20. The van der Waals surface area contributed by atoms with Gasteiger partial charge in [0.1, 0.15) is 0 Å². The number of carbonyl (C=O) groups is 1. The number of carbonyl (C=O) groups excluding carboxylic acids is 1. The fourth-order valence-electron chi connectivity index (χ4n) is 1.82. The summed E-state index contributed by atoms with van der Waals surface area (Å²) >= 11 is 11.9. The molecule has 1 atom stereocenters. The van der Waals surface area contributed by atoms with Gasteiger partial charge in [0.2, 0.25) is 0 Å². The smallest absolute Gasteiger partial charge is 0.158 e. The third-order valence-electron chi connectivity index (χ3n) is 2.88. The summed E-state index contributed by atoms with van der Waals surface area (Å²) in [7, 11) is 0. The lowest BCUT2D eigenvalue weighted by atomic mass is 9.98. The van der Waals surface area contributed by atoms with Gasteiger partial charge in [-0.2, -0.15) is 0 Å². The van der Waals surface area contributed by atoms with Crippen LogP contribution >= 0.6 is 23.2 Å². The Morgan fingerprint density at radius 1 is 1.11 bits per heavy atom. The summed E-state index contributed by atoms with van der Waals surface area (Å²) in [4.78, 5) is 12.1. The van der Waals surface area contributed by atoms with E-state index in [1.54, 1.807) is 18.2 Å². The van der Waals surface area contributed by atoms with Crippen LogP contribution in [0.1, 0.15) is 17.2 Å². The Balaban J connectivity index is 2.15. The zero-order valence-corrected chi connectivity index (χ0v) is 11.7. The van der Waals surface area contributed by atoms with Crippen LogP contribution in [0.5, 0.6) is 0 Å². The Hall–Kier alpha value is -1.35. The Morgan fingerprint density at radius 3 is 2.47 bits per heavy atom. The minimum Gasteiger partial charge on any atom is -0.318 e. The molecule has 0 aliphatic rings. The molecule has 2 rings (SSSR count). The topological polar surface area (TPSA) is 43.1 Å². The van der Waals surface area contributed by atoms with Crippen molar-refractivity contribution in [1.29, 1.82) is 0 Å². The molecule has 4 heteroatoms. The standard InChI is InChI=1S/C15H13Cl2NO/c16-12-6-7-13(17)11(8-12)9-14(19)15(18)10-4-2-1-3-5-10/h1-8,15H,9,18H2. The maximum Gasteiger partial charge on any atom is 0.158 e. The first-order chi connectivity index (χ1) is 9.08.